The zero-order valence-electron chi connectivity index (χ0n) is 52.2. The van der Waals surface area contributed by atoms with E-state index in [2.05, 4.69) is 26.7 Å². The Hall–Kier alpha value is -5.79. The molecule has 476 valence electrons. The largest absolute Gasteiger partial charge is 0.481 e. The first-order chi connectivity index (χ1) is 40.0. The van der Waals surface area contributed by atoms with E-state index in [1.807, 2.05) is 67.5 Å². The summed E-state index contributed by atoms with van der Waals surface area (Å²) in [6, 6.07) is 4.40. The lowest BCUT2D eigenvalue weighted by molar-refractivity contribution is -0.147. The Bertz CT molecular complexity index is 2220. The van der Waals surface area contributed by atoms with Gasteiger partial charge in [-0.2, -0.15) is 0 Å². The van der Waals surface area contributed by atoms with Gasteiger partial charge in [0.05, 0.1) is 101 Å². The predicted octanol–water partition coefficient (Wildman–Crippen LogP) is 3.75. The maximum absolute atomic E-state index is 14.5. The molecule has 2 saturated heterocycles. The van der Waals surface area contributed by atoms with Gasteiger partial charge in [0.2, 0.25) is 41.4 Å². The van der Waals surface area contributed by atoms with Crippen LogP contribution in [0, 0.1) is 29.6 Å². The molecule has 3 rings (SSSR count). The van der Waals surface area contributed by atoms with Crippen molar-refractivity contribution in [1.82, 2.24) is 41.0 Å². The molecule has 24 nitrogen and oxygen atoms in total. The number of likely N-dealkylation sites (N-methyl/N-ethyl adjacent to an activating group) is 1. The average Bonchev–Trinajstić information content (AvgIpc) is 4.09. The van der Waals surface area contributed by atoms with Crippen LogP contribution in [-0.4, -0.2) is 208 Å². The van der Waals surface area contributed by atoms with E-state index in [1.165, 1.54) is 7.11 Å². The van der Waals surface area contributed by atoms with Crippen LogP contribution in [0.1, 0.15) is 132 Å². The van der Waals surface area contributed by atoms with Crippen LogP contribution in [0.5, 0.6) is 0 Å². The number of unbranched alkanes of at least 4 members (excludes halogenated alkanes) is 1. The highest BCUT2D eigenvalue weighted by Gasteiger charge is 2.43. The number of hydrogen-bond acceptors (Lipinski definition) is 15. The van der Waals surface area contributed by atoms with E-state index >= 15 is 0 Å². The smallest absolute Gasteiger partial charge is 0.306 e. The number of benzene rings is 1. The number of carbonyl (C=O) groups is 9. The lowest BCUT2D eigenvalue weighted by atomic mass is 9.89. The van der Waals surface area contributed by atoms with Gasteiger partial charge in [-0.25, -0.2) is 5.48 Å². The molecule has 8 unspecified atom stereocenters. The molecule has 1 aromatic carbocycles. The molecule has 0 saturated carbocycles. The van der Waals surface area contributed by atoms with Gasteiger partial charge >= 0.3 is 5.97 Å². The fourth-order valence-electron chi connectivity index (χ4n) is 10.9. The van der Waals surface area contributed by atoms with Crippen molar-refractivity contribution in [3.05, 3.63) is 29.8 Å². The fraction of sp³-hybridized carbons (Fsp3) is 0.750. The predicted molar refractivity (Wildman–Crippen MR) is 316 cm³/mol. The molecule has 2 aliphatic rings. The minimum Gasteiger partial charge on any atom is -0.481 e. The van der Waals surface area contributed by atoms with Crippen LogP contribution >= 0.6 is 0 Å². The second-order valence-corrected chi connectivity index (χ2v) is 23.1. The molecule has 0 spiro atoms. The molecule has 0 aromatic heterocycles. The van der Waals surface area contributed by atoms with E-state index in [-0.39, 0.29) is 113 Å². The average molecular weight is 1190 g/mol. The maximum atomic E-state index is 14.5. The molecular weight excluding hydrogens is 1090 g/mol. The van der Waals surface area contributed by atoms with E-state index in [0.29, 0.717) is 76.0 Å². The maximum Gasteiger partial charge on any atom is 0.306 e. The minimum absolute atomic E-state index is 0.0148. The van der Waals surface area contributed by atoms with Gasteiger partial charge in [-0.15, -0.1) is 0 Å². The Labute approximate surface area is 498 Å². The highest BCUT2D eigenvalue weighted by molar-refractivity contribution is 5.94. The number of carbonyl (C=O) groups excluding carboxylic acids is 8. The summed E-state index contributed by atoms with van der Waals surface area (Å²) in [7, 11) is 6.73. The van der Waals surface area contributed by atoms with Gasteiger partial charge in [-0.1, -0.05) is 80.4 Å². The Morgan fingerprint density at radius 2 is 1.40 bits per heavy atom. The van der Waals surface area contributed by atoms with Crippen LogP contribution in [0.4, 0.5) is 5.69 Å². The van der Waals surface area contributed by atoms with E-state index in [4.69, 9.17) is 28.9 Å². The SMILES string of the molecule is CCCCN(C(=O)CNC(=O)C(C(C)C)N(C)C)C(C(C)CC)C(CC(=O)N1CCCC1C(OC)C(C)C(=O)NC(CC(C)C)C(=O)NOCc1ccc(NC(=O)CNC(=O)CCOCCOCCC(=O)N2CCC(C(=O)O)CC2)cc1)OC. The number of aliphatic carboxylic acids is 1. The molecule has 2 heterocycles. The van der Waals surface area contributed by atoms with Crippen LogP contribution < -0.4 is 26.7 Å². The van der Waals surface area contributed by atoms with Crippen LogP contribution in [0.2, 0.25) is 0 Å². The first-order valence-corrected chi connectivity index (χ1v) is 30.1. The van der Waals surface area contributed by atoms with Crippen molar-refractivity contribution < 1.29 is 72.0 Å². The summed E-state index contributed by atoms with van der Waals surface area (Å²) in [5, 5.41) is 20.2. The number of carboxylic acids is 1. The summed E-state index contributed by atoms with van der Waals surface area (Å²) in [4.78, 5) is 131. The molecule has 0 bridgehead atoms. The normalized spacial score (nSPS) is 17.2. The number of carboxylic acid groups (broad SMARTS) is 1. The number of nitrogens with one attached hydrogen (secondary N) is 5. The van der Waals surface area contributed by atoms with Crippen LogP contribution in [-0.2, 0) is 73.5 Å². The molecule has 8 amide bonds. The van der Waals surface area contributed by atoms with Gasteiger partial charge < -0.3 is 60.0 Å². The number of hydroxylamine groups is 1. The molecule has 0 aliphatic carbocycles. The summed E-state index contributed by atoms with van der Waals surface area (Å²) >= 11 is 0. The zero-order chi connectivity index (χ0) is 62.5. The number of rotatable bonds is 39. The Kier molecular flexibility index (Phi) is 33.0. The summed E-state index contributed by atoms with van der Waals surface area (Å²) < 4.78 is 23.0. The number of likely N-dealkylation sites (tertiary alicyclic amines) is 2. The van der Waals surface area contributed by atoms with Crippen molar-refractivity contribution in [3.8, 4) is 0 Å². The number of hydrogen-bond donors (Lipinski definition) is 6. The summed E-state index contributed by atoms with van der Waals surface area (Å²) in [6.07, 6.45) is 3.53. The number of amides is 8. The third-order valence-corrected chi connectivity index (χ3v) is 15.7. The zero-order valence-corrected chi connectivity index (χ0v) is 52.2. The van der Waals surface area contributed by atoms with Crippen molar-refractivity contribution in [3.63, 3.8) is 0 Å². The number of ether oxygens (including phenoxy) is 4. The Morgan fingerprint density at radius 1 is 0.750 bits per heavy atom. The van der Waals surface area contributed by atoms with Crippen molar-refractivity contribution in [1.29, 1.82) is 0 Å². The van der Waals surface area contributed by atoms with E-state index in [0.717, 1.165) is 12.8 Å². The monoisotopic (exact) mass is 1190 g/mol. The van der Waals surface area contributed by atoms with Gasteiger partial charge in [0.25, 0.3) is 5.91 Å². The highest BCUT2D eigenvalue weighted by Crippen LogP contribution is 2.30. The first kappa shape index (κ1) is 72.5. The van der Waals surface area contributed by atoms with Crippen molar-refractivity contribution >= 4 is 58.9 Å². The quantitative estimate of drug-likeness (QED) is 0.0404. The number of piperidine rings is 1. The lowest BCUT2D eigenvalue weighted by Crippen LogP contribution is -2.56. The van der Waals surface area contributed by atoms with Crippen molar-refractivity contribution in [2.75, 3.05) is 99.3 Å². The second kappa shape index (κ2) is 38.3. The molecular formula is C60H101N9O15. The van der Waals surface area contributed by atoms with Crippen LogP contribution in [0.25, 0.3) is 0 Å². The molecule has 8 atom stereocenters. The topological polar surface area (TPSA) is 293 Å². The third kappa shape index (κ3) is 24.3. The molecule has 6 N–H and O–H groups in total. The fourth-order valence-corrected chi connectivity index (χ4v) is 10.9. The van der Waals surface area contributed by atoms with Gasteiger partial charge in [0.1, 0.15) is 6.04 Å². The van der Waals surface area contributed by atoms with Gasteiger partial charge in [0, 0.05) is 52.5 Å². The highest BCUT2D eigenvalue weighted by atomic mass is 16.7. The lowest BCUT2D eigenvalue weighted by Gasteiger charge is -2.41. The third-order valence-electron chi connectivity index (χ3n) is 15.7. The van der Waals surface area contributed by atoms with Gasteiger partial charge in [-0.3, -0.25) is 52.9 Å². The van der Waals surface area contributed by atoms with E-state index < -0.39 is 71.9 Å². The molecule has 2 aliphatic heterocycles. The minimum atomic E-state index is -0.959. The molecule has 24 heteroatoms. The Balaban J connectivity index is 1.48. The second-order valence-electron chi connectivity index (χ2n) is 23.1. The Morgan fingerprint density at radius 3 is 1.98 bits per heavy atom. The number of methoxy groups -OCH3 is 2. The van der Waals surface area contributed by atoms with E-state index in [1.54, 1.807) is 53.0 Å². The molecule has 84 heavy (non-hydrogen) atoms. The summed E-state index contributed by atoms with van der Waals surface area (Å²) in [5.41, 5.74) is 3.61. The number of anilines is 1. The standard InChI is InChI=1S/C60H101N9O15/c1-13-15-26-69(53(74)37-62-59(77)54(40(5)6)66(9)10)55(41(7)14-2)48(80-11)35-52(73)68-27-16-17-47(68)56(81-12)42(8)57(75)64-46(34-39(3)4)58(76)65-84-38-43-18-20-45(21-19-43)63-50(71)36-61-49(70)24-30-82-32-33-83-31-25-51(72)67-28-22-44(23-29-67)60(78)79/h18-21,39-42,44,46-48,54-56H,13-17,22-38H2,1-12H3,(H,61,70)(H,62,77)(H,63,71)(H,64,75)(H,65,76)(H,78,79). The van der Waals surface area contributed by atoms with Crippen LogP contribution in [0.3, 0.4) is 0 Å². The van der Waals surface area contributed by atoms with Crippen LogP contribution in [0.15, 0.2) is 24.3 Å². The first-order valence-electron chi connectivity index (χ1n) is 30.1. The summed E-state index contributed by atoms with van der Waals surface area (Å²) in [6.45, 7) is 17.6. The van der Waals surface area contributed by atoms with E-state index in [9.17, 15) is 43.2 Å². The molecule has 1 aromatic rings. The van der Waals surface area contributed by atoms with Gasteiger partial charge in [-0.05, 0) is 88.1 Å². The van der Waals surface area contributed by atoms with Crippen molar-refractivity contribution in [2.24, 2.45) is 29.6 Å². The molecule has 0 radical (unpaired) electrons. The number of nitrogens with zero attached hydrogens (tertiary/aromatic N) is 4. The van der Waals surface area contributed by atoms with Crippen molar-refractivity contribution in [2.45, 2.75) is 169 Å². The molecule has 2 fully saturated rings. The summed E-state index contributed by atoms with van der Waals surface area (Å²) in [5.74, 6) is -4.59. The van der Waals surface area contributed by atoms with Gasteiger partial charge in [0.15, 0.2) is 0 Å².